The predicted octanol–water partition coefficient (Wildman–Crippen LogP) is 5.54. The van der Waals surface area contributed by atoms with Gasteiger partial charge in [0.05, 0.1) is 29.8 Å². The summed E-state index contributed by atoms with van der Waals surface area (Å²) in [7, 11) is 0. The number of carbonyl (C=O) groups is 1. The highest BCUT2D eigenvalue weighted by Crippen LogP contribution is 2.26. The van der Waals surface area contributed by atoms with E-state index in [9.17, 15) is 9.59 Å². The van der Waals surface area contributed by atoms with Crippen LogP contribution in [0.5, 0.6) is 0 Å². The Morgan fingerprint density at radius 2 is 1.97 bits per heavy atom. The van der Waals surface area contributed by atoms with Crippen LogP contribution in [0.25, 0.3) is 10.9 Å². The van der Waals surface area contributed by atoms with Crippen LogP contribution in [0.15, 0.2) is 75.2 Å². The molecule has 1 amide bonds. The van der Waals surface area contributed by atoms with Gasteiger partial charge in [0.15, 0.2) is 5.16 Å². The van der Waals surface area contributed by atoms with Gasteiger partial charge in [-0.25, -0.2) is 4.98 Å². The molecule has 1 aliphatic rings. The number of nitrogens with one attached hydrogen (secondary N) is 1. The molecule has 0 unspecified atom stereocenters. The van der Waals surface area contributed by atoms with E-state index in [-0.39, 0.29) is 29.5 Å². The first-order valence-corrected chi connectivity index (χ1v) is 14.0. The van der Waals surface area contributed by atoms with Gasteiger partial charge in [0.1, 0.15) is 5.76 Å². The highest BCUT2D eigenvalue weighted by Gasteiger charge is 2.19. The Labute approximate surface area is 226 Å². The van der Waals surface area contributed by atoms with Gasteiger partial charge >= 0.3 is 0 Å². The van der Waals surface area contributed by atoms with Crippen LogP contribution >= 0.6 is 11.8 Å². The Balaban J connectivity index is 1.43. The van der Waals surface area contributed by atoms with E-state index in [1.54, 1.807) is 35.1 Å². The van der Waals surface area contributed by atoms with Crippen LogP contribution in [0, 0.1) is 0 Å². The van der Waals surface area contributed by atoms with Crippen LogP contribution in [0.2, 0.25) is 0 Å². The van der Waals surface area contributed by atoms with Crippen LogP contribution < -0.4 is 10.9 Å². The lowest BCUT2D eigenvalue weighted by Crippen LogP contribution is -2.31. The SMILES string of the molecule is CC(C)(C)c1ccc(CSc2nc3cc(C(=O)NC[C@@H]4CCCO4)ccc3c(=O)n2Cc2ccco2)cc1. The van der Waals surface area contributed by atoms with Gasteiger partial charge in [0.2, 0.25) is 0 Å². The number of furan rings is 1. The van der Waals surface area contributed by atoms with Gasteiger partial charge in [-0.1, -0.05) is 56.8 Å². The molecule has 2 aromatic carbocycles. The number of thioether (sulfide) groups is 1. The molecule has 8 heteroatoms. The number of aromatic nitrogens is 2. The number of amides is 1. The van der Waals surface area contributed by atoms with Crippen LogP contribution in [-0.2, 0) is 22.4 Å². The zero-order chi connectivity index (χ0) is 26.7. The molecule has 38 heavy (non-hydrogen) atoms. The molecule has 0 aliphatic carbocycles. The lowest BCUT2D eigenvalue weighted by atomic mass is 9.87. The number of rotatable bonds is 8. The number of benzene rings is 2. The van der Waals surface area contributed by atoms with Crippen molar-refractivity contribution < 1.29 is 13.9 Å². The fourth-order valence-corrected chi connectivity index (χ4v) is 5.47. The van der Waals surface area contributed by atoms with Crippen molar-refractivity contribution in [3.05, 3.63) is 93.7 Å². The molecule has 4 aromatic rings. The summed E-state index contributed by atoms with van der Waals surface area (Å²) < 4.78 is 12.8. The van der Waals surface area contributed by atoms with E-state index in [1.165, 1.54) is 17.3 Å². The van der Waals surface area contributed by atoms with E-state index in [0.29, 0.717) is 39.7 Å². The zero-order valence-electron chi connectivity index (χ0n) is 22.0. The topological polar surface area (TPSA) is 86.4 Å². The highest BCUT2D eigenvalue weighted by atomic mass is 32.2. The monoisotopic (exact) mass is 531 g/mol. The van der Waals surface area contributed by atoms with Crippen molar-refractivity contribution in [1.82, 2.24) is 14.9 Å². The second-order valence-electron chi connectivity index (χ2n) is 10.7. The first-order chi connectivity index (χ1) is 18.3. The average molecular weight is 532 g/mol. The maximum Gasteiger partial charge on any atom is 0.262 e. The summed E-state index contributed by atoms with van der Waals surface area (Å²) in [5.41, 5.74) is 3.31. The number of hydrogen-bond acceptors (Lipinski definition) is 6. The van der Waals surface area contributed by atoms with E-state index in [0.717, 1.165) is 25.0 Å². The van der Waals surface area contributed by atoms with E-state index < -0.39 is 0 Å². The molecule has 0 saturated carbocycles. The molecular weight excluding hydrogens is 498 g/mol. The molecule has 0 spiro atoms. The van der Waals surface area contributed by atoms with Crippen LogP contribution in [0.3, 0.4) is 0 Å². The lowest BCUT2D eigenvalue weighted by Gasteiger charge is -2.19. The molecule has 3 heterocycles. The molecule has 7 nitrogen and oxygen atoms in total. The maximum absolute atomic E-state index is 13.6. The Morgan fingerprint density at radius 1 is 1.16 bits per heavy atom. The number of nitrogens with zero attached hydrogens (tertiary/aromatic N) is 2. The van der Waals surface area contributed by atoms with Crippen LogP contribution in [0.4, 0.5) is 0 Å². The van der Waals surface area contributed by atoms with Gasteiger partial charge in [-0.3, -0.25) is 14.2 Å². The number of ether oxygens (including phenoxy) is 1. The largest absolute Gasteiger partial charge is 0.467 e. The smallest absolute Gasteiger partial charge is 0.262 e. The molecule has 0 radical (unpaired) electrons. The van der Waals surface area contributed by atoms with Crippen LogP contribution in [0.1, 0.15) is 60.9 Å². The molecule has 0 bridgehead atoms. The van der Waals surface area contributed by atoms with E-state index in [1.807, 2.05) is 6.07 Å². The number of hydrogen-bond donors (Lipinski definition) is 1. The zero-order valence-corrected chi connectivity index (χ0v) is 22.8. The van der Waals surface area contributed by atoms with Crippen molar-refractivity contribution >= 4 is 28.6 Å². The summed E-state index contributed by atoms with van der Waals surface area (Å²) in [5, 5.41) is 3.99. The van der Waals surface area contributed by atoms with Crippen molar-refractivity contribution in [2.24, 2.45) is 0 Å². The lowest BCUT2D eigenvalue weighted by molar-refractivity contribution is 0.0858. The summed E-state index contributed by atoms with van der Waals surface area (Å²) in [5.74, 6) is 1.13. The molecule has 1 saturated heterocycles. The van der Waals surface area contributed by atoms with Crippen LogP contribution in [-0.4, -0.2) is 34.7 Å². The minimum Gasteiger partial charge on any atom is -0.467 e. The Hall–Kier alpha value is -3.36. The van der Waals surface area contributed by atoms with Gasteiger partial charge < -0.3 is 14.5 Å². The molecule has 198 valence electrons. The predicted molar refractivity (Wildman–Crippen MR) is 150 cm³/mol. The molecular formula is C30H33N3O4S. The number of fused-ring (bicyclic) bond motifs is 1. The second kappa shape index (κ2) is 11.2. The third kappa shape index (κ3) is 6.03. The normalized spacial score (nSPS) is 15.7. The number of carbonyl (C=O) groups excluding carboxylic acids is 1. The molecule has 5 rings (SSSR count). The molecule has 1 N–H and O–H groups in total. The van der Waals surface area contributed by atoms with E-state index in [4.69, 9.17) is 14.1 Å². The molecule has 1 aliphatic heterocycles. The maximum atomic E-state index is 13.6. The highest BCUT2D eigenvalue weighted by molar-refractivity contribution is 7.98. The quantitative estimate of drug-likeness (QED) is 0.237. The summed E-state index contributed by atoms with van der Waals surface area (Å²) >= 11 is 1.50. The summed E-state index contributed by atoms with van der Waals surface area (Å²) in [6.45, 7) is 8.08. The molecule has 1 fully saturated rings. The first kappa shape index (κ1) is 26.3. The average Bonchev–Trinajstić information content (AvgIpc) is 3.62. The molecule has 2 aromatic heterocycles. The van der Waals surface area contributed by atoms with Crippen molar-refractivity contribution in [2.75, 3.05) is 13.2 Å². The first-order valence-electron chi connectivity index (χ1n) is 13.0. The third-order valence-electron chi connectivity index (χ3n) is 6.78. The Kier molecular flexibility index (Phi) is 7.72. The van der Waals surface area contributed by atoms with E-state index in [2.05, 4.69) is 50.4 Å². The fourth-order valence-electron chi connectivity index (χ4n) is 4.51. The van der Waals surface area contributed by atoms with Gasteiger partial charge in [-0.2, -0.15) is 0 Å². The molecule has 1 atom stereocenters. The van der Waals surface area contributed by atoms with Gasteiger partial charge in [0.25, 0.3) is 11.5 Å². The van der Waals surface area contributed by atoms with Gasteiger partial charge in [0, 0.05) is 24.5 Å². The minimum atomic E-state index is -0.197. The second-order valence-corrected chi connectivity index (χ2v) is 11.6. The standard InChI is InChI=1S/C30H33N3O4S/c1-30(2,3)22-11-8-20(9-12-22)19-38-29-32-26-16-21(27(34)31-17-23-6-4-14-36-23)10-13-25(26)28(35)33(29)18-24-7-5-15-37-24/h5,7-13,15-16,23H,4,6,14,17-19H2,1-3H3,(H,31,34)/t23-/m0/s1. The van der Waals surface area contributed by atoms with Crippen molar-refractivity contribution in [2.45, 2.75) is 62.6 Å². The minimum absolute atomic E-state index is 0.0619. The van der Waals surface area contributed by atoms with Crippen molar-refractivity contribution in [3.8, 4) is 0 Å². The van der Waals surface area contributed by atoms with E-state index >= 15 is 0 Å². The summed E-state index contributed by atoms with van der Waals surface area (Å²) in [6, 6.07) is 17.3. The Morgan fingerprint density at radius 3 is 2.66 bits per heavy atom. The summed E-state index contributed by atoms with van der Waals surface area (Å²) in [6.07, 6.45) is 3.63. The Bertz CT molecular complexity index is 1460. The fraction of sp³-hybridized carbons (Fsp3) is 0.367. The van der Waals surface area contributed by atoms with Gasteiger partial charge in [-0.05, 0) is 59.7 Å². The van der Waals surface area contributed by atoms with Crippen molar-refractivity contribution in [3.63, 3.8) is 0 Å². The summed E-state index contributed by atoms with van der Waals surface area (Å²) in [4.78, 5) is 31.2. The third-order valence-corrected chi connectivity index (χ3v) is 7.83. The van der Waals surface area contributed by atoms with Crippen molar-refractivity contribution in [1.29, 1.82) is 0 Å². The van der Waals surface area contributed by atoms with Gasteiger partial charge in [-0.15, -0.1) is 0 Å².